The molecule has 1 fully saturated rings. The molecule has 0 radical (unpaired) electrons. The second-order valence-corrected chi connectivity index (χ2v) is 6.06. The highest BCUT2D eigenvalue weighted by Crippen LogP contribution is 2.12. The lowest BCUT2D eigenvalue weighted by Gasteiger charge is -2.34. The Kier molecular flexibility index (Phi) is 4.64. The Bertz CT molecular complexity index is 728. The van der Waals surface area contributed by atoms with Crippen LogP contribution in [0, 0.1) is 0 Å². The number of carbonyl (C=O) groups is 2. The van der Waals surface area contributed by atoms with Gasteiger partial charge in [0.05, 0.1) is 6.33 Å². The van der Waals surface area contributed by atoms with Gasteiger partial charge in [0, 0.05) is 45.0 Å². The average molecular weight is 326 g/mol. The molecule has 0 bridgehead atoms. The molecule has 0 N–H and O–H groups in total. The van der Waals surface area contributed by atoms with E-state index in [1.165, 1.54) is 5.56 Å². The van der Waals surface area contributed by atoms with Crippen LogP contribution in [0.3, 0.4) is 0 Å². The largest absolute Gasteiger partial charge is 0.340 e. The highest BCUT2D eigenvalue weighted by molar-refractivity contribution is 5.95. The summed E-state index contributed by atoms with van der Waals surface area (Å²) in [6.45, 7) is 4.26. The number of hydrogen-bond donors (Lipinski definition) is 0. The van der Waals surface area contributed by atoms with Crippen LogP contribution in [0.2, 0.25) is 0 Å². The predicted octanol–water partition coefficient (Wildman–Crippen LogP) is 1.58. The molecule has 126 valence electrons. The lowest BCUT2D eigenvalue weighted by molar-refractivity contribution is 0.0532. The van der Waals surface area contributed by atoms with E-state index < -0.39 is 0 Å². The fraction of sp³-hybridized carbons (Fsp3) is 0.389. The summed E-state index contributed by atoms with van der Waals surface area (Å²) in [5.41, 5.74) is 2.38. The smallest absolute Gasteiger partial charge is 0.274 e. The summed E-state index contributed by atoms with van der Waals surface area (Å²) in [5.74, 6) is -0.0439. The molecule has 2 amide bonds. The molecule has 1 saturated heterocycles. The van der Waals surface area contributed by atoms with E-state index in [2.05, 4.69) is 11.9 Å². The van der Waals surface area contributed by atoms with E-state index in [0.717, 1.165) is 6.42 Å². The van der Waals surface area contributed by atoms with Crippen molar-refractivity contribution in [1.82, 2.24) is 19.4 Å². The summed E-state index contributed by atoms with van der Waals surface area (Å²) in [4.78, 5) is 32.6. The summed E-state index contributed by atoms with van der Waals surface area (Å²) in [7, 11) is 1.84. The van der Waals surface area contributed by atoms with Gasteiger partial charge in [0.15, 0.2) is 0 Å². The molecule has 24 heavy (non-hydrogen) atoms. The minimum absolute atomic E-state index is 0.0302. The monoisotopic (exact) mass is 326 g/mol. The van der Waals surface area contributed by atoms with Gasteiger partial charge in [-0.15, -0.1) is 0 Å². The fourth-order valence-corrected chi connectivity index (χ4v) is 2.86. The Labute approximate surface area is 141 Å². The minimum Gasteiger partial charge on any atom is -0.340 e. The lowest BCUT2D eigenvalue weighted by atomic mass is 10.1. The first-order valence-electron chi connectivity index (χ1n) is 8.24. The second kappa shape index (κ2) is 6.86. The lowest BCUT2D eigenvalue weighted by Crippen LogP contribution is -2.50. The van der Waals surface area contributed by atoms with Crippen molar-refractivity contribution in [2.24, 2.45) is 7.05 Å². The third kappa shape index (κ3) is 3.32. The number of nitrogens with zero attached hydrogens (tertiary/aromatic N) is 4. The number of imidazole rings is 1. The van der Waals surface area contributed by atoms with Crippen LogP contribution in [-0.2, 0) is 13.5 Å². The molecule has 3 rings (SSSR count). The molecule has 6 heteroatoms. The Hall–Kier alpha value is -2.63. The van der Waals surface area contributed by atoms with Crippen LogP contribution >= 0.6 is 0 Å². The first-order valence-corrected chi connectivity index (χ1v) is 8.24. The maximum atomic E-state index is 12.6. The van der Waals surface area contributed by atoms with Gasteiger partial charge in [-0.3, -0.25) is 9.59 Å². The number of benzene rings is 1. The third-order valence-electron chi connectivity index (χ3n) is 4.39. The van der Waals surface area contributed by atoms with Gasteiger partial charge in [-0.05, 0) is 24.1 Å². The maximum Gasteiger partial charge on any atom is 0.274 e. The van der Waals surface area contributed by atoms with Crippen LogP contribution in [0.1, 0.15) is 33.3 Å². The predicted molar refractivity (Wildman–Crippen MR) is 90.8 cm³/mol. The van der Waals surface area contributed by atoms with Crippen LogP contribution in [0.15, 0.2) is 36.8 Å². The van der Waals surface area contributed by atoms with E-state index >= 15 is 0 Å². The summed E-state index contributed by atoms with van der Waals surface area (Å²) >= 11 is 0. The van der Waals surface area contributed by atoms with Crippen molar-refractivity contribution in [3.63, 3.8) is 0 Å². The van der Waals surface area contributed by atoms with Crippen molar-refractivity contribution in [2.45, 2.75) is 13.3 Å². The number of aryl methyl sites for hydroxylation is 2. The Morgan fingerprint density at radius 2 is 1.58 bits per heavy atom. The SMILES string of the molecule is CCc1ccc(C(=O)N2CCN(C(=O)c3cn(C)cn3)CC2)cc1. The summed E-state index contributed by atoms with van der Waals surface area (Å²) in [5, 5.41) is 0. The molecule has 0 saturated carbocycles. The van der Waals surface area contributed by atoms with Crippen molar-refractivity contribution in [2.75, 3.05) is 26.2 Å². The normalized spacial score (nSPS) is 14.8. The van der Waals surface area contributed by atoms with Gasteiger partial charge in [-0.2, -0.15) is 0 Å². The topological polar surface area (TPSA) is 58.4 Å². The highest BCUT2D eigenvalue weighted by Gasteiger charge is 2.26. The molecular weight excluding hydrogens is 304 g/mol. The zero-order valence-electron chi connectivity index (χ0n) is 14.1. The molecule has 2 heterocycles. The number of hydrogen-bond acceptors (Lipinski definition) is 3. The van der Waals surface area contributed by atoms with Crippen LogP contribution in [0.5, 0.6) is 0 Å². The van der Waals surface area contributed by atoms with E-state index in [1.54, 1.807) is 22.0 Å². The van der Waals surface area contributed by atoms with Gasteiger partial charge in [0.25, 0.3) is 11.8 Å². The Morgan fingerprint density at radius 1 is 1.00 bits per heavy atom. The van der Waals surface area contributed by atoms with Crippen molar-refractivity contribution in [1.29, 1.82) is 0 Å². The van der Waals surface area contributed by atoms with Crippen molar-refractivity contribution in [3.8, 4) is 0 Å². The molecule has 0 unspecified atom stereocenters. The molecule has 0 atom stereocenters. The summed E-state index contributed by atoms with van der Waals surface area (Å²) in [6, 6.07) is 7.75. The zero-order chi connectivity index (χ0) is 17.1. The van der Waals surface area contributed by atoms with Crippen LogP contribution in [-0.4, -0.2) is 57.3 Å². The Morgan fingerprint density at radius 3 is 2.08 bits per heavy atom. The summed E-state index contributed by atoms with van der Waals surface area (Å²) in [6.07, 6.45) is 4.30. The highest BCUT2D eigenvalue weighted by atomic mass is 16.2. The number of piperazine rings is 1. The molecule has 1 aromatic heterocycles. The number of amides is 2. The van der Waals surface area contributed by atoms with E-state index in [1.807, 2.05) is 36.2 Å². The molecule has 1 aromatic carbocycles. The zero-order valence-corrected chi connectivity index (χ0v) is 14.1. The van der Waals surface area contributed by atoms with Crippen LogP contribution in [0.25, 0.3) is 0 Å². The average Bonchev–Trinajstić information content (AvgIpc) is 3.07. The molecule has 6 nitrogen and oxygen atoms in total. The first-order chi connectivity index (χ1) is 11.6. The fourth-order valence-electron chi connectivity index (χ4n) is 2.86. The maximum absolute atomic E-state index is 12.6. The first kappa shape index (κ1) is 16.2. The summed E-state index contributed by atoms with van der Waals surface area (Å²) < 4.78 is 1.76. The van der Waals surface area contributed by atoms with Crippen molar-refractivity contribution in [3.05, 3.63) is 53.6 Å². The number of rotatable bonds is 3. The minimum atomic E-state index is -0.0741. The van der Waals surface area contributed by atoms with E-state index in [-0.39, 0.29) is 11.8 Å². The van der Waals surface area contributed by atoms with Gasteiger partial charge in [-0.1, -0.05) is 19.1 Å². The van der Waals surface area contributed by atoms with Gasteiger partial charge < -0.3 is 14.4 Å². The quantitative estimate of drug-likeness (QED) is 0.860. The molecule has 0 aliphatic carbocycles. The van der Waals surface area contributed by atoms with Crippen molar-refractivity contribution >= 4 is 11.8 Å². The standard InChI is InChI=1S/C18H22N4O2/c1-3-14-4-6-15(7-5-14)17(23)21-8-10-22(11-9-21)18(24)16-12-20(2)13-19-16/h4-7,12-13H,3,8-11H2,1-2H3. The van der Waals surface area contributed by atoms with Crippen LogP contribution in [0.4, 0.5) is 0 Å². The second-order valence-electron chi connectivity index (χ2n) is 6.06. The van der Waals surface area contributed by atoms with E-state index in [9.17, 15) is 9.59 Å². The number of aromatic nitrogens is 2. The third-order valence-corrected chi connectivity index (χ3v) is 4.39. The molecule has 0 spiro atoms. The molecule has 1 aliphatic rings. The van der Waals surface area contributed by atoms with Gasteiger partial charge in [-0.25, -0.2) is 4.98 Å². The van der Waals surface area contributed by atoms with E-state index in [0.29, 0.717) is 37.4 Å². The van der Waals surface area contributed by atoms with Gasteiger partial charge in [0.1, 0.15) is 5.69 Å². The number of carbonyl (C=O) groups excluding carboxylic acids is 2. The molecule has 2 aromatic rings. The van der Waals surface area contributed by atoms with Crippen LogP contribution < -0.4 is 0 Å². The molecular formula is C18H22N4O2. The molecule has 1 aliphatic heterocycles. The van der Waals surface area contributed by atoms with Crippen molar-refractivity contribution < 1.29 is 9.59 Å². The van der Waals surface area contributed by atoms with Gasteiger partial charge >= 0.3 is 0 Å². The van der Waals surface area contributed by atoms with E-state index in [4.69, 9.17) is 0 Å². The van der Waals surface area contributed by atoms with Gasteiger partial charge in [0.2, 0.25) is 0 Å². The Balaban J connectivity index is 1.59.